The van der Waals surface area contributed by atoms with Crippen LogP contribution in [0.1, 0.15) is 43.5 Å². The van der Waals surface area contributed by atoms with Gasteiger partial charge < -0.3 is 4.90 Å². The van der Waals surface area contributed by atoms with E-state index in [2.05, 4.69) is 42.2 Å². The Hall–Kier alpha value is -2.35. The molecule has 3 aromatic rings. The molecule has 0 saturated heterocycles. The van der Waals surface area contributed by atoms with Crippen LogP contribution in [0.4, 0.5) is 11.4 Å². The molecular formula is C24H26N2O3S2. The van der Waals surface area contributed by atoms with E-state index in [1.54, 1.807) is 18.0 Å². The fourth-order valence-electron chi connectivity index (χ4n) is 4.05. The van der Waals surface area contributed by atoms with Gasteiger partial charge >= 0.3 is 0 Å². The van der Waals surface area contributed by atoms with Crippen molar-refractivity contribution >= 4 is 33.3 Å². The van der Waals surface area contributed by atoms with Crippen LogP contribution in [0.25, 0.3) is 0 Å². The molecule has 4 rings (SSSR count). The van der Waals surface area contributed by atoms with Crippen molar-refractivity contribution in [2.45, 2.75) is 48.4 Å². The fraction of sp³-hybridized carbons (Fsp3) is 0.292. The van der Waals surface area contributed by atoms with E-state index in [0.717, 1.165) is 51.7 Å². The molecule has 1 unspecified atom stereocenters. The zero-order valence-corrected chi connectivity index (χ0v) is 19.1. The lowest BCUT2D eigenvalue weighted by atomic mass is 9.98. The van der Waals surface area contributed by atoms with Gasteiger partial charge in [0.05, 0.1) is 28.9 Å². The number of fused-ring (bicyclic) bond motifs is 2. The molecule has 1 aromatic heterocycles. The number of rotatable bonds is 8. The normalized spacial score (nSPS) is 14.1. The van der Waals surface area contributed by atoms with Crippen LogP contribution in [0.5, 0.6) is 0 Å². The van der Waals surface area contributed by atoms with Crippen molar-refractivity contribution in [2.75, 3.05) is 10.7 Å². The number of hydrogen-bond acceptors (Lipinski definition) is 5. The molecule has 0 radical (unpaired) electrons. The molecule has 0 aliphatic carbocycles. The van der Waals surface area contributed by atoms with E-state index in [0.29, 0.717) is 0 Å². The van der Waals surface area contributed by atoms with Crippen molar-refractivity contribution < 1.29 is 13.0 Å². The van der Waals surface area contributed by atoms with Gasteiger partial charge in [0.1, 0.15) is 0 Å². The minimum atomic E-state index is -4.11. The van der Waals surface area contributed by atoms with Crippen LogP contribution in [-0.2, 0) is 16.5 Å². The minimum absolute atomic E-state index is 0.238. The third kappa shape index (κ3) is 4.95. The average molecular weight is 455 g/mol. The summed E-state index contributed by atoms with van der Waals surface area (Å²) in [5, 5.41) is 0. The number of nitrogens with zero attached hydrogens (tertiary/aromatic N) is 2. The van der Waals surface area contributed by atoms with Crippen molar-refractivity contribution in [3.8, 4) is 0 Å². The maximum atomic E-state index is 11.7. The largest absolute Gasteiger partial charge is 0.330 e. The van der Waals surface area contributed by atoms with E-state index >= 15 is 0 Å². The molecule has 1 aliphatic heterocycles. The Labute approximate surface area is 188 Å². The van der Waals surface area contributed by atoms with Crippen LogP contribution in [-0.4, -0.2) is 23.7 Å². The van der Waals surface area contributed by atoms with E-state index in [9.17, 15) is 13.0 Å². The number of aryl methyl sites for hydroxylation is 1. The molecule has 0 spiro atoms. The van der Waals surface area contributed by atoms with E-state index < -0.39 is 10.1 Å². The summed E-state index contributed by atoms with van der Waals surface area (Å²) in [6, 6.07) is 20.0. The van der Waals surface area contributed by atoms with E-state index in [1.165, 1.54) is 0 Å². The predicted octanol–water partition coefficient (Wildman–Crippen LogP) is 6.05. The first-order valence-corrected chi connectivity index (χ1v) is 12.9. The van der Waals surface area contributed by atoms with Crippen molar-refractivity contribution in [3.05, 3.63) is 78.1 Å². The van der Waals surface area contributed by atoms with Gasteiger partial charge in [0, 0.05) is 16.0 Å². The summed E-state index contributed by atoms with van der Waals surface area (Å²) < 4.78 is 33.0. The Bertz CT molecular complexity index is 1120. The Kier molecular flexibility index (Phi) is 6.65. The topological polar surface area (TPSA) is 70.5 Å². The van der Waals surface area contributed by atoms with Crippen molar-refractivity contribution in [1.29, 1.82) is 0 Å². The lowest BCUT2D eigenvalue weighted by Gasteiger charge is -2.39. The molecule has 31 heavy (non-hydrogen) atoms. The number of hydrogen-bond donors (Lipinski definition) is 1. The van der Waals surface area contributed by atoms with E-state index in [4.69, 9.17) is 4.98 Å². The quantitative estimate of drug-likeness (QED) is 0.418. The SMILES string of the molecule is CCCCc1cccnc1C(CCS(=O)(=O)O)N1c2ccccc2Sc2ccccc21. The summed E-state index contributed by atoms with van der Waals surface area (Å²) in [5.41, 5.74) is 4.05. The molecular weight excluding hydrogens is 428 g/mol. The molecule has 162 valence electrons. The number of aromatic nitrogens is 1. The molecule has 0 amide bonds. The highest BCUT2D eigenvalue weighted by molar-refractivity contribution is 7.99. The fourth-order valence-corrected chi connectivity index (χ4v) is 5.64. The maximum absolute atomic E-state index is 11.7. The second-order valence-corrected chi connectivity index (χ2v) is 10.3. The molecule has 1 N–H and O–H groups in total. The first-order valence-electron chi connectivity index (χ1n) is 10.5. The lowest BCUT2D eigenvalue weighted by Crippen LogP contribution is -2.29. The molecule has 1 atom stereocenters. The molecule has 5 nitrogen and oxygen atoms in total. The highest BCUT2D eigenvalue weighted by Gasteiger charge is 2.32. The number of para-hydroxylation sites is 2. The van der Waals surface area contributed by atoms with Gasteiger partial charge in [0.2, 0.25) is 0 Å². The highest BCUT2D eigenvalue weighted by Crippen LogP contribution is 2.51. The van der Waals surface area contributed by atoms with E-state index in [-0.39, 0.29) is 18.2 Å². The molecule has 2 aromatic carbocycles. The van der Waals surface area contributed by atoms with Crippen LogP contribution in [0.2, 0.25) is 0 Å². The van der Waals surface area contributed by atoms with Crippen LogP contribution in [0, 0.1) is 0 Å². The van der Waals surface area contributed by atoms with Crippen molar-refractivity contribution in [2.24, 2.45) is 0 Å². The van der Waals surface area contributed by atoms with Gasteiger partial charge in [-0.25, -0.2) is 0 Å². The Morgan fingerprint density at radius 2 is 1.65 bits per heavy atom. The van der Waals surface area contributed by atoms with E-state index in [1.807, 2.05) is 30.3 Å². The summed E-state index contributed by atoms with van der Waals surface area (Å²) in [6.45, 7) is 2.15. The second kappa shape index (κ2) is 9.42. The van der Waals surface area contributed by atoms with Gasteiger partial charge in [-0.05, 0) is 55.2 Å². The number of pyridine rings is 1. The zero-order valence-electron chi connectivity index (χ0n) is 17.4. The van der Waals surface area contributed by atoms with Crippen LogP contribution in [0.15, 0.2) is 76.7 Å². The van der Waals surface area contributed by atoms with Gasteiger partial charge in [-0.3, -0.25) is 9.54 Å². The maximum Gasteiger partial charge on any atom is 0.264 e. The average Bonchev–Trinajstić information content (AvgIpc) is 2.77. The predicted molar refractivity (Wildman–Crippen MR) is 126 cm³/mol. The van der Waals surface area contributed by atoms with Crippen LogP contribution < -0.4 is 4.90 Å². The number of benzene rings is 2. The Morgan fingerprint density at radius 1 is 1.00 bits per heavy atom. The summed E-state index contributed by atoms with van der Waals surface area (Å²) >= 11 is 1.71. The first kappa shape index (κ1) is 21.9. The molecule has 7 heteroatoms. The monoisotopic (exact) mass is 454 g/mol. The highest BCUT2D eigenvalue weighted by atomic mass is 32.2. The van der Waals surface area contributed by atoms with Crippen molar-refractivity contribution in [1.82, 2.24) is 4.98 Å². The molecule has 0 fully saturated rings. The second-order valence-electron chi connectivity index (χ2n) is 7.65. The third-order valence-corrected chi connectivity index (χ3v) is 7.35. The summed E-state index contributed by atoms with van der Waals surface area (Å²) in [5.74, 6) is -0.324. The van der Waals surface area contributed by atoms with Crippen LogP contribution >= 0.6 is 11.8 Å². The third-order valence-electron chi connectivity index (χ3n) is 5.47. The smallest absolute Gasteiger partial charge is 0.264 e. The summed E-state index contributed by atoms with van der Waals surface area (Å²) in [4.78, 5) is 9.16. The molecule has 0 bridgehead atoms. The first-order chi connectivity index (χ1) is 15.0. The van der Waals surface area contributed by atoms with Gasteiger partial charge in [-0.2, -0.15) is 8.42 Å². The summed E-state index contributed by atoms with van der Waals surface area (Å²) in [6.07, 6.45) is 4.99. The van der Waals surface area contributed by atoms with Crippen LogP contribution in [0.3, 0.4) is 0 Å². The Morgan fingerprint density at radius 3 is 2.26 bits per heavy atom. The standard InChI is InChI=1S/C24H26N2O3S2/c1-2-3-9-18-10-8-16-25-24(18)21(15-17-31(27,28)29)26-19-11-4-6-13-22(19)30-23-14-7-5-12-20(23)26/h4-8,10-14,16,21H,2-3,9,15,17H2,1H3,(H,27,28,29). The molecule has 1 aliphatic rings. The number of unbranched alkanes of at least 4 members (excludes halogenated alkanes) is 1. The molecule has 2 heterocycles. The lowest BCUT2D eigenvalue weighted by molar-refractivity contribution is 0.476. The number of anilines is 2. The van der Waals surface area contributed by atoms with Gasteiger partial charge in [-0.15, -0.1) is 0 Å². The van der Waals surface area contributed by atoms with Gasteiger partial charge in [-0.1, -0.05) is 55.4 Å². The molecule has 0 saturated carbocycles. The Balaban J connectivity index is 1.87. The van der Waals surface area contributed by atoms with Crippen molar-refractivity contribution in [3.63, 3.8) is 0 Å². The zero-order chi connectivity index (χ0) is 21.8. The minimum Gasteiger partial charge on any atom is -0.330 e. The van der Waals surface area contributed by atoms with Gasteiger partial charge in [0.15, 0.2) is 0 Å². The summed E-state index contributed by atoms with van der Waals surface area (Å²) in [7, 11) is -4.11. The van der Waals surface area contributed by atoms with Gasteiger partial charge in [0.25, 0.3) is 10.1 Å².